The van der Waals surface area contributed by atoms with E-state index < -0.39 is 11.8 Å². The van der Waals surface area contributed by atoms with Crippen LogP contribution in [0.3, 0.4) is 0 Å². The van der Waals surface area contributed by atoms with Crippen molar-refractivity contribution < 1.29 is 23.9 Å². The maximum Gasteiger partial charge on any atom is 0.283 e. The fourth-order valence-electron chi connectivity index (χ4n) is 3.66. The fraction of sp³-hybridized carbons (Fsp3) is 0.148. The Kier molecular flexibility index (Phi) is 7.26. The van der Waals surface area contributed by atoms with Crippen LogP contribution in [-0.2, 0) is 9.59 Å². The lowest BCUT2D eigenvalue weighted by Gasteiger charge is -2.16. The molecule has 4 rings (SSSR count). The molecule has 0 unspecified atom stereocenters. The summed E-state index contributed by atoms with van der Waals surface area (Å²) in [6, 6.07) is 18.6. The minimum Gasteiger partial charge on any atom is -0.497 e. The van der Waals surface area contributed by atoms with Crippen molar-refractivity contribution in [2.75, 3.05) is 29.3 Å². The van der Waals surface area contributed by atoms with Gasteiger partial charge in [-0.3, -0.25) is 14.4 Å². The SMILES string of the molecule is CCOc1ccccc1NC(=O)c1ccc(C)c(NC2=C(Cl)C(=O)N(c3ccc(OC)cc3)C2=O)c1. The van der Waals surface area contributed by atoms with Crippen LogP contribution >= 0.6 is 11.6 Å². The molecule has 0 atom stereocenters. The van der Waals surface area contributed by atoms with E-state index in [1.165, 1.54) is 7.11 Å². The largest absolute Gasteiger partial charge is 0.497 e. The summed E-state index contributed by atoms with van der Waals surface area (Å²) in [7, 11) is 1.52. The predicted molar refractivity (Wildman–Crippen MR) is 139 cm³/mol. The number of halogens is 1. The molecule has 1 aliphatic heterocycles. The number of imide groups is 1. The summed E-state index contributed by atoms with van der Waals surface area (Å²) in [5.41, 5.74) is 2.39. The van der Waals surface area contributed by atoms with Crippen molar-refractivity contribution in [2.24, 2.45) is 0 Å². The van der Waals surface area contributed by atoms with Gasteiger partial charge in [0.1, 0.15) is 22.2 Å². The third-order valence-electron chi connectivity index (χ3n) is 5.55. The maximum absolute atomic E-state index is 13.1. The first-order valence-corrected chi connectivity index (χ1v) is 11.5. The molecule has 2 N–H and O–H groups in total. The molecular formula is C27H24ClN3O5. The van der Waals surface area contributed by atoms with Gasteiger partial charge in [-0.05, 0) is 67.9 Å². The molecule has 0 saturated carbocycles. The van der Waals surface area contributed by atoms with Crippen LogP contribution in [0.2, 0.25) is 0 Å². The number of nitrogens with zero attached hydrogens (tertiary/aromatic N) is 1. The lowest BCUT2D eigenvalue weighted by molar-refractivity contribution is -0.120. The minimum atomic E-state index is -0.645. The Labute approximate surface area is 213 Å². The van der Waals surface area contributed by atoms with E-state index in [1.807, 2.05) is 19.9 Å². The third-order valence-corrected chi connectivity index (χ3v) is 5.90. The number of hydrogen-bond donors (Lipinski definition) is 2. The summed E-state index contributed by atoms with van der Waals surface area (Å²) >= 11 is 6.27. The van der Waals surface area contributed by atoms with E-state index in [9.17, 15) is 14.4 Å². The molecule has 9 heteroatoms. The average Bonchev–Trinajstić information content (AvgIpc) is 3.09. The molecule has 0 aliphatic carbocycles. The highest BCUT2D eigenvalue weighted by Gasteiger charge is 2.39. The van der Waals surface area contributed by atoms with E-state index in [4.69, 9.17) is 21.1 Å². The van der Waals surface area contributed by atoms with Gasteiger partial charge in [0.2, 0.25) is 0 Å². The second kappa shape index (κ2) is 10.5. The highest BCUT2D eigenvalue weighted by molar-refractivity contribution is 6.53. The molecule has 184 valence electrons. The van der Waals surface area contributed by atoms with Gasteiger partial charge in [-0.25, -0.2) is 4.90 Å². The second-order valence-electron chi connectivity index (χ2n) is 7.87. The smallest absolute Gasteiger partial charge is 0.283 e. The van der Waals surface area contributed by atoms with Gasteiger partial charge in [-0.2, -0.15) is 0 Å². The number of hydrogen-bond acceptors (Lipinski definition) is 6. The van der Waals surface area contributed by atoms with Crippen LogP contribution in [0.4, 0.5) is 17.1 Å². The lowest BCUT2D eigenvalue weighted by Crippen LogP contribution is -2.32. The van der Waals surface area contributed by atoms with Gasteiger partial charge in [-0.1, -0.05) is 29.8 Å². The van der Waals surface area contributed by atoms with Gasteiger partial charge in [0.25, 0.3) is 17.7 Å². The summed E-state index contributed by atoms with van der Waals surface area (Å²) in [4.78, 5) is 39.9. The van der Waals surface area contributed by atoms with Gasteiger partial charge in [-0.15, -0.1) is 0 Å². The Bertz CT molecular complexity index is 1370. The zero-order valence-corrected chi connectivity index (χ0v) is 20.7. The summed E-state index contributed by atoms with van der Waals surface area (Å²) in [6.07, 6.45) is 0. The van der Waals surface area contributed by atoms with E-state index >= 15 is 0 Å². The maximum atomic E-state index is 13.1. The van der Waals surface area contributed by atoms with E-state index in [1.54, 1.807) is 60.7 Å². The number of anilines is 3. The van der Waals surface area contributed by atoms with Crippen LogP contribution in [0.25, 0.3) is 0 Å². The Hall–Kier alpha value is -4.30. The molecule has 0 radical (unpaired) electrons. The molecule has 3 aromatic rings. The summed E-state index contributed by atoms with van der Waals surface area (Å²) in [6.45, 7) is 4.13. The first-order chi connectivity index (χ1) is 17.3. The molecule has 8 nitrogen and oxygen atoms in total. The van der Waals surface area contributed by atoms with Crippen molar-refractivity contribution >= 4 is 46.4 Å². The normalized spacial score (nSPS) is 13.2. The number of rotatable bonds is 8. The molecule has 0 aromatic heterocycles. The fourth-order valence-corrected chi connectivity index (χ4v) is 3.87. The average molecular weight is 506 g/mol. The first kappa shape index (κ1) is 24.8. The number of methoxy groups -OCH3 is 1. The number of ether oxygens (including phenoxy) is 2. The van der Waals surface area contributed by atoms with E-state index in [0.717, 1.165) is 10.5 Å². The van der Waals surface area contributed by atoms with Gasteiger partial charge < -0.3 is 20.1 Å². The zero-order valence-electron chi connectivity index (χ0n) is 19.9. The van der Waals surface area contributed by atoms with E-state index in [0.29, 0.717) is 40.7 Å². The molecule has 1 heterocycles. The zero-order chi connectivity index (χ0) is 25.8. The summed E-state index contributed by atoms with van der Waals surface area (Å²) in [5.74, 6) is -0.461. The van der Waals surface area contributed by atoms with E-state index in [2.05, 4.69) is 10.6 Å². The third kappa shape index (κ3) is 4.89. The van der Waals surface area contributed by atoms with Crippen LogP contribution in [0.15, 0.2) is 77.5 Å². The molecule has 3 aromatic carbocycles. The van der Waals surface area contributed by atoms with Crippen molar-refractivity contribution in [1.29, 1.82) is 0 Å². The number of amides is 3. The molecule has 0 saturated heterocycles. The Balaban J connectivity index is 1.57. The van der Waals surface area contributed by atoms with Crippen molar-refractivity contribution in [3.63, 3.8) is 0 Å². The van der Waals surface area contributed by atoms with Crippen LogP contribution in [0.1, 0.15) is 22.8 Å². The Morgan fingerprint density at radius 2 is 1.69 bits per heavy atom. The van der Waals surface area contributed by atoms with Crippen LogP contribution in [-0.4, -0.2) is 31.4 Å². The number of carbonyl (C=O) groups excluding carboxylic acids is 3. The van der Waals surface area contributed by atoms with Gasteiger partial charge in [0.05, 0.1) is 25.1 Å². The Morgan fingerprint density at radius 3 is 2.39 bits per heavy atom. The number of nitrogens with one attached hydrogen (secondary N) is 2. The molecule has 3 amide bonds. The standard InChI is InChI=1S/C27H24ClN3O5/c1-4-36-22-8-6-5-7-20(22)30-25(32)17-10-9-16(2)21(15-17)29-24-23(28)26(33)31(27(24)34)18-11-13-19(35-3)14-12-18/h5-15,29H,4H2,1-3H3,(H,30,32). The molecule has 36 heavy (non-hydrogen) atoms. The van der Waals surface area contributed by atoms with Crippen molar-refractivity contribution in [2.45, 2.75) is 13.8 Å². The Morgan fingerprint density at radius 1 is 0.972 bits per heavy atom. The van der Waals surface area contributed by atoms with Crippen LogP contribution < -0.4 is 25.0 Å². The van der Waals surface area contributed by atoms with Crippen molar-refractivity contribution in [1.82, 2.24) is 0 Å². The highest BCUT2D eigenvalue weighted by atomic mass is 35.5. The minimum absolute atomic E-state index is 0.0696. The van der Waals surface area contributed by atoms with Crippen LogP contribution in [0, 0.1) is 6.92 Å². The molecule has 0 spiro atoms. The molecule has 1 aliphatic rings. The highest BCUT2D eigenvalue weighted by Crippen LogP contribution is 2.32. The number of para-hydroxylation sites is 2. The molecule has 0 bridgehead atoms. The first-order valence-electron chi connectivity index (χ1n) is 11.2. The topological polar surface area (TPSA) is 97.0 Å². The molecule has 0 fully saturated rings. The van der Waals surface area contributed by atoms with Gasteiger partial charge >= 0.3 is 0 Å². The number of aryl methyl sites for hydroxylation is 1. The van der Waals surface area contributed by atoms with Crippen LogP contribution in [0.5, 0.6) is 11.5 Å². The number of benzene rings is 3. The summed E-state index contributed by atoms with van der Waals surface area (Å²) in [5, 5.41) is 5.56. The van der Waals surface area contributed by atoms with Gasteiger partial charge in [0, 0.05) is 11.3 Å². The second-order valence-corrected chi connectivity index (χ2v) is 8.25. The van der Waals surface area contributed by atoms with Gasteiger partial charge in [0.15, 0.2) is 0 Å². The van der Waals surface area contributed by atoms with Crippen molar-refractivity contribution in [3.8, 4) is 11.5 Å². The predicted octanol–water partition coefficient (Wildman–Crippen LogP) is 5.09. The molecular weight excluding hydrogens is 482 g/mol. The summed E-state index contributed by atoms with van der Waals surface area (Å²) < 4.78 is 10.7. The number of carbonyl (C=O) groups is 3. The quantitative estimate of drug-likeness (QED) is 0.414. The van der Waals surface area contributed by atoms with E-state index in [-0.39, 0.29) is 16.6 Å². The lowest BCUT2D eigenvalue weighted by atomic mass is 10.1. The van der Waals surface area contributed by atoms with Crippen molar-refractivity contribution in [3.05, 3.63) is 88.6 Å². The monoisotopic (exact) mass is 505 g/mol.